The van der Waals surface area contributed by atoms with Gasteiger partial charge in [-0.15, -0.1) is 12.4 Å². The van der Waals surface area contributed by atoms with Crippen LogP contribution < -0.4 is 5.73 Å². The number of benzene rings is 1. The van der Waals surface area contributed by atoms with Gasteiger partial charge in [0.25, 0.3) is 0 Å². The molecule has 0 bridgehead atoms. The highest BCUT2D eigenvalue weighted by Crippen LogP contribution is 1.96. The van der Waals surface area contributed by atoms with Crippen LogP contribution in [0.2, 0.25) is 0 Å². The first kappa shape index (κ1) is 11.0. The maximum atomic E-state index is 5.66. The molecule has 1 aromatic carbocycles. The van der Waals surface area contributed by atoms with Crippen LogP contribution in [0.25, 0.3) is 0 Å². The number of hydrogen-bond acceptors (Lipinski definition) is 1. The van der Waals surface area contributed by atoms with E-state index in [4.69, 9.17) is 5.73 Å². The van der Waals surface area contributed by atoms with Crippen molar-refractivity contribution in [2.75, 3.05) is 6.54 Å². The Labute approximate surface area is 78.9 Å². The zero-order valence-electron chi connectivity index (χ0n) is 7.03. The molecular weight excluding hydrogens is 172 g/mol. The summed E-state index contributed by atoms with van der Waals surface area (Å²) in [5, 5.41) is 0. The lowest BCUT2D eigenvalue weighted by Crippen LogP contribution is -2.13. The van der Waals surface area contributed by atoms with Crippen molar-refractivity contribution in [2.24, 2.45) is 10.7 Å². The van der Waals surface area contributed by atoms with E-state index in [1.165, 1.54) is 0 Å². The van der Waals surface area contributed by atoms with Gasteiger partial charge < -0.3 is 5.73 Å². The van der Waals surface area contributed by atoms with Crippen LogP contribution in [0.3, 0.4) is 0 Å². The molecule has 66 valence electrons. The molecule has 0 aromatic heterocycles. The lowest BCUT2D eigenvalue weighted by Gasteiger charge is -1.97. The number of hydrogen-bond donors (Lipinski definition) is 1. The van der Waals surface area contributed by atoms with E-state index in [1.54, 1.807) is 0 Å². The normalized spacial score (nSPS) is 10.6. The van der Waals surface area contributed by atoms with Crippen LogP contribution in [0.1, 0.15) is 12.5 Å². The molecule has 0 spiro atoms. The number of amidine groups is 1. The molecule has 0 amide bonds. The summed E-state index contributed by atoms with van der Waals surface area (Å²) in [6.07, 6.45) is 0. The monoisotopic (exact) mass is 184 g/mol. The summed E-state index contributed by atoms with van der Waals surface area (Å²) in [4.78, 5) is 4.09. The molecule has 0 fully saturated rings. The van der Waals surface area contributed by atoms with Gasteiger partial charge in [-0.3, -0.25) is 4.99 Å². The van der Waals surface area contributed by atoms with Crippen molar-refractivity contribution >= 4 is 18.2 Å². The zero-order chi connectivity index (χ0) is 8.10. The quantitative estimate of drug-likeness (QED) is 0.553. The average molecular weight is 185 g/mol. The number of nitrogens with two attached hydrogens (primary N) is 1. The molecule has 3 heteroatoms. The Morgan fingerprint density at radius 1 is 1.33 bits per heavy atom. The summed E-state index contributed by atoms with van der Waals surface area (Å²) in [7, 11) is 0. The van der Waals surface area contributed by atoms with Crippen molar-refractivity contribution in [3.63, 3.8) is 0 Å². The van der Waals surface area contributed by atoms with Gasteiger partial charge in [-0.1, -0.05) is 30.3 Å². The topological polar surface area (TPSA) is 38.4 Å². The third-order valence-corrected chi connectivity index (χ3v) is 1.40. The van der Waals surface area contributed by atoms with Crippen molar-refractivity contribution < 1.29 is 0 Å². The van der Waals surface area contributed by atoms with Crippen molar-refractivity contribution in [2.45, 2.75) is 6.92 Å². The van der Waals surface area contributed by atoms with Gasteiger partial charge >= 0.3 is 0 Å². The fourth-order valence-electron chi connectivity index (χ4n) is 0.871. The smallest absolute Gasteiger partial charge is 0.125 e. The summed E-state index contributed by atoms with van der Waals surface area (Å²) in [6, 6.07) is 9.77. The summed E-state index contributed by atoms with van der Waals surface area (Å²) < 4.78 is 0. The van der Waals surface area contributed by atoms with E-state index in [2.05, 4.69) is 4.99 Å². The molecule has 0 heterocycles. The lowest BCUT2D eigenvalue weighted by atomic mass is 10.2. The van der Waals surface area contributed by atoms with Crippen LogP contribution in [-0.2, 0) is 0 Å². The van der Waals surface area contributed by atoms with Crippen molar-refractivity contribution in [1.82, 2.24) is 0 Å². The minimum atomic E-state index is 0. The van der Waals surface area contributed by atoms with Crippen LogP contribution in [0.5, 0.6) is 0 Å². The van der Waals surface area contributed by atoms with Crippen molar-refractivity contribution in [3.05, 3.63) is 35.9 Å². The Hall–Kier alpha value is -1.02. The zero-order valence-corrected chi connectivity index (χ0v) is 7.84. The standard InChI is InChI=1S/C9H12N2.ClH/c1-2-11-9(10)8-6-4-3-5-7-8;/h3-7H,2H2,1H3,(H2,10,11);1H. The maximum absolute atomic E-state index is 5.66. The summed E-state index contributed by atoms with van der Waals surface area (Å²) >= 11 is 0. The number of nitrogens with zero attached hydrogens (tertiary/aromatic N) is 1. The Morgan fingerprint density at radius 2 is 1.92 bits per heavy atom. The highest BCUT2D eigenvalue weighted by Gasteiger charge is 1.92. The molecule has 0 saturated carbocycles. The molecule has 2 N–H and O–H groups in total. The van der Waals surface area contributed by atoms with Crippen LogP contribution >= 0.6 is 12.4 Å². The first-order valence-corrected chi connectivity index (χ1v) is 3.70. The highest BCUT2D eigenvalue weighted by molar-refractivity contribution is 5.97. The van der Waals surface area contributed by atoms with Gasteiger partial charge in [-0.05, 0) is 6.92 Å². The predicted octanol–water partition coefficient (Wildman–Crippen LogP) is 1.83. The van der Waals surface area contributed by atoms with E-state index in [0.29, 0.717) is 5.84 Å². The first-order valence-electron chi connectivity index (χ1n) is 3.70. The third-order valence-electron chi connectivity index (χ3n) is 1.40. The van der Waals surface area contributed by atoms with Gasteiger partial charge in [0.1, 0.15) is 5.84 Å². The summed E-state index contributed by atoms with van der Waals surface area (Å²) in [5.74, 6) is 0.619. The molecule has 0 aliphatic heterocycles. The number of halogens is 1. The molecule has 1 aromatic rings. The van der Waals surface area contributed by atoms with E-state index in [-0.39, 0.29) is 12.4 Å². The van der Waals surface area contributed by atoms with Crippen LogP contribution in [0, 0.1) is 0 Å². The molecule has 0 radical (unpaired) electrons. The number of aliphatic imine (C=N–C) groups is 1. The maximum Gasteiger partial charge on any atom is 0.125 e. The van der Waals surface area contributed by atoms with E-state index in [0.717, 1.165) is 12.1 Å². The fourth-order valence-corrected chi connectivity index (χ4v) is 0.871. The van der Waals surface area contributed by atoms with E-state index >= 15 is 0 Å². The fraction of sp³-hybridized carbons (Fsp3) is 0.222. The molecule has 12 heavy (non-hydrogen) atoms. The average Bonchev–Trinajstić information content (AvgIpc) is 2.07. The van der Waals surface area contributed by atoms with Crippen molar-refractivity contribution in [1.29, 1.82) is 0 Å². The second-order valence-electron chi connectivity index (χ2n) is 2.23. The van der Waals surface area contributed by atoms with Gasteiger partial charge in [0.2, 0.25) is 0 Å². The Bertz CT molecular complexity index is 244. The Balaban J connectivity index is 0.00000121. The van der Waals surface area contributed by atoms with Crippen molar-refractivity contribution in [3.8, 4) is 0 Å². The van der Waals surface area contributed by atoms with Gasteiger partial charge in [0.15, 0.2) is 0 Å². The SMILES string of the molecule is CCN=C(N)c1ccccc1.Cl. The van der Waals surface area contributed by atoms with Crippen LogP contribution in [0.15, 0.2) is 35.3 Å². The Kier molecular flexibility index (Phi) is 5.13. The van der Waals surface area contributed by atoms with E-state index < -0.39 is 0 Å². The molecular formula is C9H13ClN2. The second kappa shape index (κ2) is 5.61. The Morgan fingerprint density at radius 3 is 2.42 bits per heavy atom. The first-order chi connectivity index (χ1) is 5.34. The van der Waals surface area contributed by atoms with E-state index in [9.17, 15) is 0 Å². The molecule has 0 saturated heterocycles. The minimum Gasteiger partial charge on any atom is -0.384 e. The molecule has 0 aliphatic carbocycles. The van der Waals surface area contributed by atoms with E-state index in [1.807, 2.05) is 37.3 Å². The number of rotatable bonds is 2. The molecule has 0 unspecified atom stereocenters. The largest absolute Gasteiger partial charge is 0.384 e. The summed E-state index contributed by atoms with van der Waals surface area (Å²) in [5.41, 5.74) is 6.65. The molecule has 0 aliphatic rings. The lowest BCUT2D eigenvalue weighted by molar-refractivity contribution is 1.12. The second-order valence-corrected chi connectivity index (χ2v) is 2.23. The minimum absolute atomic E-state index is 0. The summed E-state index contributed by atoms with van der Waals surface area (Å²) in [6.45, 7) is 2.70. The molecule has 1 rings (SSSR count). The molecule has 2 nitrogen and oxygen atoms in total. The predicted molar refractivity (Wildman–Crippen MR) is 55.0 cm³/mol. The van der Waals surface area contributed by atoms with Gasteiger partial charge in [-0.2, -0.15) is 0 Å². The molecule has 0 atom stereocenters. The van der Waals surface area contributed by atoms with Gasteiger partial charge in [-0.25, -0.2) is 0 Å². The van der Waals surface area contributed by atoms with Gasteiger partial charge in [0, 0.05) is 12.1 Å². The third kappa shape index (κ3) is 2.93. The van der Waals surface area contributed by atoms with Crippen LogP contribution in [-0.4, -0.2) is 12.4 Å². The highest BCUT2D eigenvalue weighted by atomic mass is 35.5. The van der Waals surface area contributed by atoms with Gasteiger partial charge in [0.05, 0.1) is 0 Å². The van der Waals surface area contributed by atoms with Crippen LogP contribution in [0.4, 0.5) is 0 Å².